The van der Waals surface area contributed by atoms with E-state index in [9.17, 15) is 0 Å². The van der Waals surface area contributed by atoms with E-state index >= 15 is 0 Å². The average Bonchev–Trinajstić information content (AvgIpc) is 1.85. The average molecular weight is 253 g/mol. The Morgan fingerprint density at radius 1 is 1.42 bits per heavy atom. The predicted octanol–water partition coefficient (Wildman–Crippen LogP) is 2.85. The van der Waals surface area contributed by atoms with Crippen LogP contribution in [-0.4, -0.2) is 6.61 Å². The molecule has 0 aliphatic rings. The molecule has 0 spiro atoms. The smallest absolute Gasteiger partial charge is 0.122 e. The van der Waals surface area contributed by atoms with Crippen LogP contribution in [0, 0.1) is 0 Å². The van der Waals surface area contributed by atoms with Crippen molar-refractivity contribution in [2.45, 2.75) is 6.92 Å². The van der Waals surface area contributed by atoms with E-state index in [0.29, 0.717) is 12.3 Å². The Labute approximate surface area is 86.6 Å². The lowest BCUT2D eigenvalue weighted by molar-refractivity contribution is 0.340. The van der Waals surface area contributed by atoms with Crippen molar-refractivity contribution in [1.82, 2.24) is 0 Å². The monoisotopic (exact) mass is 251 g/mol. The first-order chi connectivity index (χ1) is 5.22. The molecule has 1 rings (SSSR count). The molecule has 0 aliphatic carbocycles. The summed E-state index contributed by atoms with van der Waals surface area (Å²) in [6.45, 7) is 2.60. The van der Waals surface area contributed by atoms with E-state index in [1.54, 1.807) is 6.07 Å². The van der Waals surface area contributed by atoms with Gasteiger partial charge in [-0.25, -0.2) is 0 Å². The number of hydrogen-bond donors (Lipinski definition) is 1. The van der Waals surface area contributed by atoms with Gasteiger partial charge in [0, 0.05) is 16.2 Å². The van der Waals surface area contributed by atoms with Crippen molar-refractivity contribution in [3.63, 3.8) is 0 Å². The summed E-state index contributed by atoms with van der Waals surface area (Å²) < 4.78 is 6.20. The van der Waals surface area contributed by atoms with Gasteiger partial charge in [0.05, 0.1) is 6.61 Å². The van der Waals surface area contributed by atoms with Crippen molar-refractivity contribution in [1.29, 1.82) is 0 Å². The highest BCUT2D eigenvalue weighted by Gasteiger charge is 1.95. The van der Waals surface area contributed by atoms with E-state index in [-0.39, 0.29) is 12.4 Å². The van der Waals surface area contributed by atoms with Crippen LogP contribution in [0.2, 0.25) is 0 Å². The zero-order chi connectivity index (χ0) is 8.27. The van der Waals surface area contributed by atoms with Gasteiger partial charge in [-0.1, -0.05) is 15.9 Å². The molecule has 0 saturated carbocycles. The Morgan fingerprint density at radius 2 is 2.08 bits per heavy atom. The van der Waals surface area contributed by atoms with E-state index in [0.717, 1.165) is 10.2 Å². The van der Waals surface area contributed by atoms with Crippen molar-refractivity contribution < 1.29 is 4.74 Å². The SMILES string of the molecule is CCOc1cc(N)cc(Br)c1.Cl. The number of nitrogens with two attached hydrogens (primary N) is 1. The highest BCUT2D eigenvalue weighted by Crippen LogP contribution is 2.22. The van der Waals surface area contributed by atoms with Crippen molar-refractivity contribution in [3.05, 3.63) is 22.7 Å². The lowest BCUT2D eigenvalue weighted by Gasteiger charge is -2.03. The molecule has 1 aromatic carbocycles. The third-order valence-electron chi connectivity index (χ3n) is 1.20. The lowest BCUT2D eigenvalue weighted by atomic mass is 10.3. The zero-order valence-corrected chi connectivity index (χ0v) is 9.11. The van der Waals surface area contributed by atoms with Gasteiger partial charge >= 0.3 is 0 Å². The van der Waals surface area contributed by atoms with Gasteiger partial charge in [-0.3, -0.25) is 0 Å². The van der Waals surface area contributed by atoms with Crippen LogP contribution >= 0.6 is 28.3 Å². The van der Waals surface area contributed by atoms with Crippen molar-refractivity contribution >= 4 is 34.0 Å². The number of benzene rings is 1. The Bertz CT molecular complexity index is 235. The molecule has 0 fully saturated rings. The van der Waals surface area contributed by atoms with Crippen LogP contribution in [-0.2, 0) is 0 Å². The van der Waals surface area contributed by atoms with E-state index < -0.39 is 0 Å². The van der Waals surface area contributed by atoms with Crippen molar-refractivity contribution in [3.8, 4) is 5.75 Å². The molecule has 0 atom stereocenters. The maximum Gasteiger partial charge on any atom is 0.122 e. The fourth-order valence-corrected chi connectivity index (χ4v) is 1.32. The summed E-state index contributed by atoms with van der Waals surface area (Å²) in [6.07, 6.45) is 0. The number of halogens is 2. The van der Waals surface area contributed by atoms with Crippen LogP contribution in [0.25, 0.3) is 0 Å². The molecular weight excluding hydrogens is 241 g/mol. The first-order valence-corrected chi connectivity index (χ1v) is 4.20. The van der Waals surface area contributed by atoms with E-state index in [1.165, 1.54) is 0 Å². The van der Waals surface area contributed by atoms with Gasteiger partial charge in [-0.2, -0.15) is 0 Å². The molecule has 0 radical (unpaired) electrons. The minimum atomic E-state index is 0. The molecular formula is C8H11BrClNO. The molecule has 1 aromatic rings. The number of hydrogen-bond acceptors (Lipinski definition) is 2. The molecule has 12 heavy (non-hydrogen) atoms. The molecule has 0 saturated heterocycles. The predicted molar refractivity (Wildman–Crippen MR) is 57.0 cm³/mol. The summed E-state index contributed by atoms with van der Waals surface area (Å²) in [6, 6.07) is 5.52. The molecule has 2 nitrogen and oxygen atoms in total. The second-order valence-corrected chi connectivity index (χ2v) is 3.07. The Hall–Kier alpha value is -0.410. The largest absolute Gasteiger partial charge is 0.494 e. The fraction of sp³-hybridized carbons (Fsp3) is 0.250. The maximum absolute atomic E-state index is 5.58. The van der Waals surface area contributed by atoms with Gasteiger partial charge in [0.2, 0.25) is 0 Å². The third kappa shape index (κ3) is 3.32. The molecule has 0 aliphatic heterocycles. The van der Waals surface area contributed by atoms with Crippen molar-refractivity contribution in [2.75, 3.05) is 12.3 Å². The van der Waals surface area contributed by atoms with Crippen LogP contribution in [0.1, 0.15) is 6.92 Å². The molecule has 2 N–H and O–H groups in total. The number of anilines is 1. The Morgan fingerprint density at radius 3 is 2.58 bits per heavy atom. The fourth-order valence-electron chi connectivity index (χ4n) is 0.834. The molecule has 0 aromatic heterocycles. The normalized spacial score (nSPS) is 8.83. The van der Waals surface area contributed by atoms with E-state index in [4.69, 9.17) is 10.5 Å². The highest BCUT2D eigenvalue weighted by molar-refractivity contribution is 9.10. The van der Waals surface area contributed by atoms with Gasteiger partial charge in [0.1, 0.15) is 5.75 Å². The van der Waals surface area contributed by atoms with Crippen LogP contribution in [0.4, 0.5) is 5.69 Å². The van der Waals surface area contributed by atoms with Gasteiger partial charge in [0.15, 0.2) is 0 Å². The summed E-state index contributed by atoms with van der Waals surface area (Å²) in [5, 5.41) is 0. The summed E-state index contributed by atoms with van der Waals surface area (Å²) in [5.74, 6) is 0.805. The molecule has 68 valence electrons. The maximum atomic E-state index is 5.58. The second-order valence-electron chi connectivity index (χ2n) is 2.15. The molecule has 0 bridgehead atoms. The zero-order valence-electron chi connectivity index (χ0n) is 6.71. The first-order valence-electron chi connectivity index (χ1n) is 3.41. The van der Waals surface area contributed by atoms with Crippen molar-refractivity contribution in [2.24, 2.45) is 0 Å². The molecule has 0 unspecified atom stereocenters. The van der Waals surface area contributed by atoms with Crippen LogP contribution < -0.4 is 10.5 Å². The lowest BCUT2D eigenvalue weighted by Crippen LogP contribution is -1.92. The second kappa shape index (κ2) is 5.27. The van der Waals surface area contributed by atoms with Gasteiger partial charge in [-0.05, 0) is 19.1 Å². The summed E-state index contributed by atoms with van der Waals surface area (Å²) in [5.41, 5.74) is 6.29. The van der Waals surface area contributed by atoms with Crippen LogP contribution in [0.3, 0.4) is 0 Å². The summed E-state index contributed by atoms with van der Waals surface area (Å²) >= 11 is 3.32. The molecule has 0 amide bonds. The number of rotatable bonds is 2. The third-order valence-corrected chi connectivity index (χ3v) is 1.66. The van der Waals surface area contributed by atoms with Crippen LogP contribution in [0.15, 0.2) is 22.7 Å². The molecule has 4 heteroatoms. The van der Waals surface area contributed by atoms with Crippen LogP contribution in [0.5, 0.6) is 5.75 Å². The number of ether oxygens (including phenoxy) is 1. The standard InChI is InChI=1S/C8H10BrNO.ClH/c1-2-11-8-4-6(9)3-7(10)5-8;/h3-5H,2,10H2,1H3;1H. The Kier molecular flexibility index (Phi) is 5.09. The topological polar surface area (TPSA) is 35.2 Å². The quantitative estimate of drug-likeness (QED) is 0.822. The molecule has 0 heterocycles. The van der Waals surface area contributed by atoms with Gasteiger partial charge in [-0.15, -0.1) is 12.4 Å². The first kappa shape index (κ1) is 11.6. The minimum absolute atomic E-state index is 0. The van der Waals surface area contributed by atoms with Gasteiger partial charge in [0.25, 0.3) is 0 Å². The van der Waals surface area contributed by atoms with Gasteiger partial charge < -0.3 is 10.5 Å². The Balaban J connectivity index is 0.00000121. The number of nitrogen functional groups attached to an aromatic ring is 1. The summed E-state index contributed by atoms with van der Waals surface area (Å²) in [7, 11) is 0. The van der Waals surface area contributed by atoms with E-state index in [1.807, 2.05) is 19.1 Å². The summed E-state index contributed by atoms with van der Waals surface area (Å²) in [4.78, 5) is 0. The highest BCUT2D eigenvalue weighted by atomic mass is 79.9. The van der Waals surface area contributed by atoms with E-state index in [2.05, 4.69) is 15.9 Å². The minimum Gasteiger partial charge on any atom is -0.494 e.